The number of benzene rings is 1. The number of allylic oxidation sites excluding steroid dienone is 1. The van der Waals surface area contributed by atoms with Crippen LogP contribution in [0.5, 0.6) is 0 Å². The van der Waals surface area contributed by atoms with Gasteiger partial charge in [0.25, 0.3) is 5.91 Å². The van der Waals surface area contributed by atoms with E-state index >= 15 is 0 Å². The maximum atomic E-state index is 12.6. The smallest absolute Gasteiger partial charge is 0.319 e. The van der Waals surface area contributed by atoms with E-state index in [0.717, 1.165) is 32.4 Å². The molecule has 5 heteroatoms. The van der Waals surface area contributed by atoms with E-state index in [0.29, 0.717) is 23.7 Å². The van der Waals surface area contributed by atoms with Gasteiger partial charge in [-0.3, -0.25) is 4.79 Å². The molecular weight excluding hydrogens is 326 g/mol. The highest BCUT2D eigenvalue weighted by molar-refractivity contribution is 5.95. The predicted octanol–water partition coefficient (Wildman–Crippen LogP) is 4.18. The molecule has 2 aliphatic rings. The van der Waals surface area contributed by atoms with E-state index in [1.165, 1.54) is 24.8 Å². The monoisotopic (exact) mass is 355 g/mol. The van der Waals surface area contributed by atoms with Gasteiger partial charge in [-0.2, -0.15) is 0 Å². The SMILES string of the molecule is C[C@H]1CCCN(C(=O)c2ccc(NC(=O)NCC3=CCCCC3)cc2)C1. The minimum absolute atomic E-state index is 0.0804. The fourth-order valence-corrected chi connectivity index (χ4v) is 3.69. The van der Waals surface area contributed by atoms with Crippen LogP contribution < -0.4 is 10.6 Å². The van der Waals surface area contributed by atoms with Gasteiger partial charge in [-0.05, 0) is 68.7 Å². The third kappa shape index (κ3) is 5.10. The van der Waals surface area contributed by atoms with Gasteiger partial charge in [0, 0.05) is 30.9 Å². The Kier molecular flexibility index (Phi) is 6.31. The highest BCUT2D eigenvalue weighted by Crippen LogP contribution is 2.19. The van der Waals surface area contributed by atoms with E-state index in [9.17, 15) is 9.59 Å². The number of hydrogen-bond acceptors (Lipinski definition) is 2. The van der Waals surface area contributed by atoms with E-state index in [1.54, 1.807) is 24.3 Å². The van der Waals surface area contributed by atoms with Crippen LogP contribution in [0, 0.1) is 5.92 Å². The number of piperidine rings is 1. The third-order valence-corrected chi connectivity index (χ3v) is 5.19. The zero-order chi connectivity index (χ0) is 18.4. The van der Waals surface area contributed by atoms with Gasteiger partial charge in [-0.1, -0.05) is 18.6 Å². The molecule has 5 nitrogen and oxygen atoms in total. The summed E-state index contributed by atoms with van der Waals surface area (Å²) in [6, 6.07) is 6.96. The van der Waals surface area contributed by atoms with Gasteiger partial charge in [-0.25, -0.2) is 4.79 Å². The molecule has 1 aliphatic heterocycles. The largest absolute Gasteiger partial charge is 0.338 e. The van der Waals surface area contributed by atoms with Crippen LogP contribution in [0.3, 0.4) is 0 Å². The Hall–Kier alpha value is -2.30. The molecule has 1 saturated heterocycles. The van der Waals surface area contributed by atoms with Gasteiger partial charge >= 0.3 is 6.03 Å². The number of carbonyl (C=O) groups is 2. The minimum atomic E-state index is -0.208. The lowest BCUT2D eigenvalue weighted by Gasteiger charge is -2.31. The van der Waals surface area contributed by atoms with Crippen molar-refractivity contribution < 1.29 is 9.59 Å². The highest BCUT2D eigenvalue weighted by atomic mass is 16.2. The summed E-state index contributed by atoms with van der Waals surface area (Å²) in [4.78, 5) is 26.5. The van der Waals surface area contributed by atoms with Crippen molar-refractivity contribution in [3.63, 3.8) is 0 Å². The van der Waals surface area contributed by atoms with Crippen LogP contribution >= 0.6 is 0 Å². The van der Waals surface area contributed by atoms with E-state index in [-0.39, 0.29) is 11.9 Å². The summed E-state index contributed by atoms with van der Waals surface area (Å²) in [7, 11) is 0. The standard InChI is InChI=1S/C21H29N3O2/c1-16-6-5-13-24(15-16)20(25)18-9-11-19(12-10-18)23-21(26)22-14-17-7-3-2-4-8-17/h7,9-12,16H,2-6,8,13-15H2,1H3,(H2,22,23,26)/t16-/m0/s1. The van der Waals surface area contributed by atoms with E-state index in [4.69, 9.17) is 0 Å². The first-order chi connectivity index (χ1) is 12.6. The summed E-state index contributed by atoms with van der Waals surface area (Å²) in [6.45, 7) is 4.46. The first-order valence-corrected chi connectivity index (χ1v) is 9.74. The van der Waals surface area contributed by atoms with Crippen LogP contribution in [-0.4, -0.2) is 36.5 Å². The first-order valence-electron chi connectivity index (χ1n) is 9.74. The van der Waals surface area contributed by atoms with E-state index < -0.39 is 0 Å². The molecule has 1 aromatic carbocycles. The summed E-state index contributed by atoms with van der Waals surface area (Å²) in [5.41, 5.74) is 2.68. The summed E-state index contributed by atoms with van der Waals surface area (Å²) < 4.78 is 0. The minimum Gasteiger partial charge on any atom is -0.338 e. The normalized spacial score (nSPS) is 20.3. The lowest BCUT2D eigenvalue weighted by Crippen LogP contribution is -2.39. The molecule has 26 heavy (non-hydrogen) atoms. The Bertz CT molecular complexity index is 666. The van der Waals surface area contributed by atoms with Crippen molar-refractivity contribution in [3.8, 4) is 0 Å². The van der Waals surface area contributed by atoms with Crippen molar-refractivity contribution in [3.05, 3.63) is 41.5 Å². The average molecular weight is 355 g/mol. The molecule has 1 atom stereocenters. The molecule has 1 heterocycles. The zero-order valence-corrected chi connectivity index (χ0v) is 15.6. The van der Waals surface area contributed by atoms with Crippen LogP contribution in [0.25, 0.3) is 0 Å². The number of carbonyl (C=O) groups excluding carboxylic acids is 2. The van der Waals surface area contributed by atoms with Gasteiger partial charge in [0.1, 0.15) is 0 Å². The lowest BCUT2D eigenvalue weighted by atomic mass is 9.99. The number of amides is 3. The number of nitrogens with zero attached hydrogens (tertiary/aromatic N) is 1. The molecule has 0 bridgehead atoms. The van der Waals surface area contributed by atoms with Crippen molar-refractivity contribution in [2.75, 3.05) is 25.0 Å². The Morgan fingerprint density at radius 3 is 2.65 bits per heavy atom. The van der Waals surface area contributed by atoms with Crippen molar-refractivity contribution in [2.45, 2.75) is 45.4 Å². The second-order valence-corrected chi connectivity index (χ2v) is 7.49. The average Bonchev–Trinajstić information content (AvgIpc) is 2.67. The predicted molar refractivity (Wildman–Crippen MR) is 104 cm³/mol. The summed E-state index contributed by atoms with van der Waals surface area (Å²) in [5.74, 6) is 0.647. The number of anilines is 1. The number of urea groups is 1. The molecule has 0 aromatic heterocycles. The van der Waals surface area contributed by atoms with Gasteiger partial charge < -0.3 is 15.5 Å². The summed E-state index contributed by atoms with van der Waals surface area (Å²) in [5, 5.41) is 5.73. The molecule has 0 saturated carbocycles. The Morgan fingerprint density at radius 1 is 1.15 bits per heavy atom. The van der Waals surface area contributed by atoms with Gasteiger partial charge in [0.05, 0.1) is 0 Å². The molecule has 0 radical (unpaired) electrons. The molecule has 1 aromatic rings. The zero-order valence-electron chi connectivity index (χ0n) is 15.6. The molecule has 3 rings (SSSR count). The number of likely N-dealkylation sites (tertiary alicyclic amines) is 1. The molecule has 1 aliphatic carbocycles. The molecular formula is C21H29N3O2. The van der Waals surface area contributed by atoms with Crippen molar-refractivity contribution >= 4 is 17.6 Å². The fourth-order valence-electron chi connectivity index (χ4n) is 3.69. The quantitative estimate of drug-likeness (QED) is 0.796. The summed E-state index contributed by atoms with van der Waals surface area (Å²) >= 11 is 0. The Balaban J connectivity index is 1.49. The highest BCUT2D eigenvalue weighted by Gasteiger charge is 2.21. The van der Waals surface area contributed by atoms with Crippen LogP contribution in [-0.2, 0) is 0 Å². The van der Waals surface area contributed by atoms with Crippen molar-refractivity contribution in [2.24, 2.45) is 5.92 Å². The van der Waals surface area contributed by atoms with Crippen LogP contribution in [0.2, 0.25) is 0 Å². The van der Waals surface area contributed by atoms with Crippen molar-refractivity contribution in [1.29, 1.82) is 0 Å². The van der Waals surface area contributed by atoms with Gasteiger partial charge in [0.2, 0.25) is 0 Å². The number of nitrogens with one attached hydrogen (secondary N) is 2. The molecule has 2 N–H and O–H groups in total. The lowest BCUT2D eigenvalue weighted by molar-refractivity contribution is 0.0683. The fraction of sp³-hybridized carbons (Fsp3) is 0.524. The van der Waals surface area contributed by atoms with E-state index in [1.807, 2.05) is 4.90 Å². The Labute approximate surface area is 155 Å². The second-order valence-electron chi connectivity index (χ2n) is 7.49. The molecule has 0 spiro atoms. The molecule has 1 fully saturated rings. The maximum absolute atomic E-state index is 12.6. The van der Waals surface area contributed by atoms with Crippen LogP contribution in [0.15, 0.2) is 35.9 Å². The summed E-state index contributed by atoms with van der Waals surface area (Å²) in [6.07, 6.45) is 9.14. The first kappa shape index (κ1) is 18.5. The topological polar surface area (TPSA) is 61.4 Å². The van der Waals surface area contributed by atoms with Gasteiger partial charge in [-0.15, -0.1) is 0 Å². The van der Waals surface area contributed by atoms with E-state index in [2.05, 4.69) is 23.6 Å². The van der Waals surface area contributed by atoms with Crippen LogP contribution in [0.1, 0.15) is 55.8 Å². The maximum Gasteiger partial charge on any atom is 0.319 e. The molecule has 0 unspecified atom stereocenters. The number of hydrogen-bond donors (Lipinski definition) is 2. The van der Waals surface area contributed by atoms with Crippen molar-refractivity contribution in [1.82, 2.24) is 10.2 Å². The molecule has 3 amide bonds. The number of rotatable bonds is 4. The second kappa shape index (κ2) is 8.88. The third-order valence-electron chi connectivity index (χ3n) is 5.19. The molecule has 140 valence electrons. The Morgan fingerprint density at radius 2 is 1.96 bits per heavy atom. The van der Waals surface area contributed by atoms with Gasteiger partial charge in [0.15, 0.2) is 0 Å². The van der Waals surface area contributed by atoms with Crippen LogP contribution in [0.4, 0.5) is 10.5 Å².